The maximum absolute atomic E-state index is 6.12. The van der Waals surface area contributed by atoms with Crippen molar-refractivity contribution < 1.29 is 4.74 Å². The number of hydrogen-bond donors (Lipinski definition) is 1. The highest BCUT2D eigenvalue weighted by atomic mass is 16.5. The van der Waals surface area contributed by atoms with E-state index in [1.165, 1.54) is 31.4 Å². The lowest BCUT2D eigenvalue weighted by Gasteiger charge is -2.27. The zero-order valence-electron chi connectivity index (χ0n) is 12.1. The Kier molecular flexibility index (Phi) is 5.22. The summed E-state index contributed by atoms with van der Waals surface area (Å²) >= 11 is 0. The predicted octanol–water partition coefficient (Wildman–Crippen LogP) is 2.18. The first-order valence-electron chi connectivity index (χ1n) is 7.40. The monoisotopic (exact) mass is 252 g/mol. The molecule has 0 bridgehead atoms. The van der Waals surface area contributed by atoms with Crippen molar-refractivity contribution >= 4 is 0 Å². The van der Waals surface area contributed by atoms with Crippen LogP contribution in [0.25, 0.3) is 0 Å². The van der Waals surface area contributed by atoms with Gasteiger partial charge in [0.2, 0.25) is 0 Å². The summed E-state index contributed by atoms with van der Waals surface area (Å²) in [5.74, 6) is 0. The second kappa shape index (κ2) is 6.69. The molecule has 104 valence electrons. The number of hydrogen-bond acceptors (Lipinski definition) is 3. The van der Waals surface area contributed by atoms with Gasteiger partial charge in [-0.05, 0) is 26.2 Å². The van der Waals surface area contributed by atoms with Crippen molar-refractivity contribution in [3.63, 3.8) is 0 Å². The molecule has 3 heteroatoms. The van der Waals surface area contributed by atoms with E-state index < -0.39 is 0 Å². The summed E-state index contributed by atoms with van der Waals surface area (Å²) in [7, 11) is 0. The minimum Gasteiger partial charge on any atom is -0.372 e. The van der Waals surface area contributed by atoms with Gasteiger partial charge in [-0.1, -0.05) is 25.5 Å². The van der Waals surface area contributed by atoms with Gasteiger partial charge in [0.15, 0.2) is 0 Å². The first-order chi connectivity index (χ1) is 8.63. The highest BCUT2D eigenvalue weighted by Crippen LogP contribution is 2.21. The van der Waals surface area contributed by atoms with Gasteiger partial charge in [-0.3, -0.25) is 4.90 Å². The lowest BCUT2D eigenvalue weighted by atomic mass is 10.1. The molecule has 0 aromatic rings. The Morgan fingerprint density at radius 2 is 2.17 bits per heavy atom. The van der Waals surface area contributed by atoms with Crippen molar-refractivity contribution in [1.29, 1.82) is 0 Å². The van der Waals surface area contributed by atoms with E-state index in [0.29, 0.717) is 18.2 Å². The molecule has 3 nitrogen and oxygen atoms in total. The molecule has 1 saturated heterocycles. The summed E-state index contributed by atoms with van der Waals surface area (Å²) < 4.78 is 6.12. The normalized spacial score (nSPS) is 29.9. The van der Waals surface area contributed by atoms with Crippen LogP contribution >= 0.6 is 0 Å². The van der Waals surface area contributed by atoms with E-state index in [9.17, 15) is 0 Å². The summed E-state index contributed by atoms with van der Waals surface area (Å²) in [6.07, 6.45) is 6.91. The Bertz CT molecular complexity index is 288. The molecule has 0 radical (unpaired) electrons. The van der Waals surface area contributed by atoms with E-state index in [-0.39, 0.29) is 0 Å². The van der Waals surface area contributed by atoms with E-state index >= 15 is 0 Å². The molecule has 2 aliphatic heterocycles. The highest BCUT2D eigenvalue weighted by Gasteiger charge is 2.26. The minimum atomic E-state index is 0.430. The van der Waals surface area contributed by atoms with Crippen molar-refractivity contribution in [3.8, 4) is 0 Å². The molecule has 1 fully saturated rings. The Balaban J connectivity index is 1.66. The van der Waals surface area contributed by atoms with Gasteiger partial charge in [0.1, 0.15) is 0 Å². The summed E-state index contributed by atoms with van der Waals surface area (Å²) in [4.78, 5) is 2.52. The maximum Gasteiger partial charge on any atom is 0.0707 e. The van der Waals surface area contributed by atoms with Gasteiger partial charge >= 0.3 is 0 Å². The van der Waals surface area contributed by atoms with Crippen LogP contribution in [-0.2, 0) is 4.74 Å². The summed E-state index contributed by atoms with van der Waals surface area (Å²) in [6, 6.07) is 0.558. The van der Waals surface area contributed by atoms with Crippen molar-refractivity contribution in [2.45, 2.75) is 58.3 Å². The Labute approximate surface area is 112 Å². The molecule has 2 rings (SSSR count). The first-order valence-corrected chi connectivity index (χ1v) is 7.40. The van der Waals surface area contributed by atoms with Crippen molar-refractivity contribution in [2.75, 3.05) is 26.2 Å². The van der Waals surface area contributed by atoms with Crippen LogP contribution in [-0.4, -0.2) is 49.3 Å². The molecule has 2 aliphatic rings. The molecule has 0 aromatic heterocycles. The topological polar surface area (TPSA) is 24.5 Å². The molecule has 0 aliphatic carbocycles. The van der Waals surface area contributed by atoms with E-state index in [4.69, 9.17) is 4.74 Å². The smallest absolute Gasteiger partial charge is 0.0707 e. The Morgan fingerprint density at radius 3 is 2.83 bits per heavy atom. The van der Waals surface area contributed by atoms with Crippen LogP contribution in [0.2, 0.25) is 0 Å². The lowest BCUT2D eigenvalue weighted by Crippen LogP contribution is -2.37. The quantitative estimate of drug-likeness (QED) is 0.759. The van der Waals surface area contributed by atoms with Gasteiger partial charge < -0.3 is 10.1 Å². The SMILES string of the molecule is CC1=CCN(CC2CCC(CNC(C)C)O2)CC1. The van der Waals surface area contributed by atoms with E-state index in [2.05, 4.69) is 37.1 Å². The molecule has 0 amide bonds. The molecular weight excluding hydrogens is 224 g/mol. The lowest BCUT2D eigenvalue weighted by molar-refractivity contribution is 0.0241. The standard InChI is InChI=1S/C15H28N2O/c1-12(2)16-10-14-4-5-15(18-14)11-17-8-6-13(3)7-9-17/h6,12,14-16H,4-5,7-11H2,1-3H3. The average Bonchev–Trinajstić information content (AvgIpc) is 2.77. The van der Waals surface area contributed by atoms with Gasteiger partial charge in [0.25, 0.3) is 0 Å². The Morgan fingerprint density at radius 1 is 1.39 bits per heavy atom. The molecule has 2 heterocycles. The van der Waals surface area contributed by atoms with Crippen LogP contribution in [0.1, 0.15) is 40.0 Å². The second-order valence-corrected chi connectivity index (χ2v) is 6.08. The van der Waals surface area contributed by atoms with Crippen molar-refractivity contribution in [3.05, 3.63) is 11.6 Å². The number of ether oxygens (including phenoxy) is 1. The molecule has 0 saturated carbocycles. The summed E-state index contributed by atoms with van der Waals surface area (Å²) in [6.45, 7) is 11.0. The van der Waals surface area contributed by atoms with Crippen LogP contribution in [0.4, 0.5) is 0 Å². The van der Waals surface area contributed by atoms with Crippen LogP contribution in [0.3, 0.4) is 0 Å². The molecule has 0 aromatic carbocycles. The van der Waals surface area contributed by atoms with Crippen LogP contribution in [0, 0.1) is 0 Å². The summed E-state index contributed by atoms with van der Waals surface area (Å²) in [5, 5.41) is 3.47. The fourth-order valence-electron chi connectivity index (χ4n) is 2.70. The maximum atomic E-state index is 6.12. The van der Waals surface area contributed by atoms with Gasteiger partial charge in [0.05, 0.1) is 12.2 Å². The van der Waals surface area contributed by atoms with Crippen LogP contribution < -0.4 is 5.32 Å². The van der Waals surface area contributed by atoms with Gasteiger partial charge in [-0.2, -0.15) is 0 Å². The van der Waals surface area contributed by atoms with E-state index in [1.807, 2.05) is 0 Å². The number of nitrogens with one attached hydrogen (secondary N) is 1. The third-order valence-corrected chi connectivity index (χ3v) is 3.93. The first kappa shape index (κ1) is 14.0. The zero-order chi connectivity index (χ0) is 13.0. The minimum absolute atomic E-state index is 0.430. The van der Waals surface area contributed by atoms with E-state index in [1.54, 1.807) is 0 Å². The third kappa shape index (κ3) is 4.38. The molecule has 2 atom stereocenters. The third-order valence-electron chi connectivity index (χ3n) is 3.93. The Hall–Kier alpha value is -0.380. The van der Waals surface area contributed by atoms with Gasteiger partial charge in [-0.25, -0.2) is 0 Å². The number of rotatable bonds is 5. The predicted molar refractivity (Wildman–Crippen MR) is 75.8 cm³/mol. The van der Waals surface area contributed by atoms with Crippen molar-refractivity contribution in [1.82, 2.24) is 10.2 Å². The fourth-order valence-corrected chi connectivity index (χ4v) is 2.70. The van der Waals surface area contributed by atoms with Gasteiger partial charge in [0, 0.05) is 32.2 Å². The molecule has 0 spiro atoms. The molecule has 1 N–H and O–H groups in total. The van der Waals surface area contributed by atoms with Crippen LogP contribution in [0.5, 0.6) is 0 Å². The highest BCUT2D eigenvalue weighted by molar-refractivity contribution is 5.04. The molecular formula is C15H28N2O. The molecule has 2 unspecified atom stereocenters. The summed E-state index contributed by atoms with van der Waals surface area (Å²) in [5.41, 5.74) is 1.54. The van der Waals surface area contributed by atoms with E-state index in [0.717, 1.165) is 19.6 Å². The number of nitrogens with zero attached hydrogens (tertiary/aromatic N) is 1. The fraction of sp³-hybridized carbons (Fsp3) is 0.867. The average molecular weight is 252 g/mol. The van der Waals surface area contributed by atoms with Crippen molar-refractivity contribution in [2.24, 2.45) is 0 Å². The second-order valence-electron chi connectivity index (χ2n) is 6.08. The zero-order valence-corrected chi connectivity index (χ0v) is 12.1. The largest absolute Gasteiger partial charge is 0.372 e. The van der Waals surface area contributed by atoms with Crippen LogP contribution in [0.15, 0.2) is 11.6 Å². The molecule has 18 heavy (non-hydrogen) atoms. The van der Waals surface area contributed by atoms with Gasteiger partial charge in [-0.15, -0.1) is 0 Å².